The number of guanidine groups is 1. The van der Waals surface area contributed by atoms with Crippen molar-refractivity contribution in [2.75, 3.05) is 33.8 Å². The smallest absolute Gasteiger partial charge is 0.193 e. The molecular formula is C22H29FIN3O2. The van der Waals surface area contributed by atoms with E-state index in [2.05, 4.69) is 21.3 Å². The molecule has 0 saturated carbocycles. The molecule has 1 heterocycles. The summed E-state index contributed by atoms with van der Waals surface area (Å²) in [7, 11) is 3.47. The van der Waals surface area contributed by atoms with Gasteiger partial charge in [0.1, 0.15) is 17.7 Å². The first-order valence-corrected chi connectivity index (χ1v) is 9.58. The van der Waals surface area contributed by atoms with Gasteiger partial charge in [-0.25, -0.2) is 4.39 Å². The Morgan fingerprint density at radius 1 is 1.24 bits per heavy atom. The van der Waals surface area contributed by atoms with Gasteiger partial charge in [0.15, 0.2) is 5.96 Å². The van der Waals surface area contributed by atoms with Crippen LogP contribution in [0, 0.1) is 5.82 Å². The van der Waals surface area contributed by atoms with Crippen molar-refractivity contribution in [2.24, 2.45) is 4.99 Å². The molecule has 0 amide bonds. The minimum Gasteiger partial charge on any atom is -0.497 e. The van der Waals surface area contributed by atoms with Gasteiger partial charge in [-0.15, -0.1) is 24.0 Å². The lowest BCUT2D eigenvalue weighted by Crippen LogP contribution is -2.51. The van der Waals surface area contributed by atoms with E-state index in [4.69, 9.17) is 9.47 Å². The number of hydrogen-bond donors (Lipinski definition) is 1. The lowest BCUT2D eigenvalue weighted by molar-refractivity contribution is -0.0604. The van der Waals surface area contributed by atoms with Crippen LogP contribution < -0.4 is 10.1 Å². The predicted octanol–water partition coefficient (Wildman–Crippen LogP) is 4.03. The van der Waals surface area contributed by atoms with Gasteiger partial charge in [-0.05, 0) is 48.7 Å². The Labute approximate surface area is 189 Å². The van der Waals surface area contributed by atoms with Crippen LogP contribution in [0.4, 0.5) is 4.39 Å². The largest absolute Gasteiger partial charge is 0.497 e. The maximum atomic E-state index is 13.2. The zero-order valence-corrected chi connectivity index (χ0v) is 19.4. The number of aliphatic imine (C=N–C) groups is 1. The second-order valence-electron chi connectivity index (χ2n) is 6.97. The van der Waals surface area contributed by atoms with Crippen molar-refractivity contribution in [1.29, 1.82) is 0 Å². The molecular weight excluding hydrogens is 484 g/mol. The first-order chi connectivity index (χ1) is 13.6. The number of morpholine rings is 1. The van der Waals surface area contributed by atoms with Crippen LogP contribution in [0.15, 0.2) is 53.5 Å². The standard InChI is InChI=1S/C22H28FN3O2.HI/c1-16-14-26(15-21(28-16)18-7-9-19(23)10-8-18)22(24-2)25-12-11-17-5-4-6-20(13-17)27-3;/h4-10,13,16,21H,11-12,14-15H2,1-3H3,(H,24,25);1H. The first kappa shape index (κ1) is 23.4. The van der Waals surface area contributed by atoms with E-state index in [0.717, 1.165) is 36.8 Å². The number of halogens is 2. The Kier molecular flexibility index (Phi) is 9.16. The summed E-state index contributed by atoms with van der Waals surface area (Å²) in [6.07, 6.45) is 0.819. The molecule has 0 aliphatic carbocycles. The number of ether oxygens (including phenoxy) is 2. The molecule has 0 radical (unpaired) electrons. The molecule has 1 aliphatic rings. The van der Waals surface area contributed by atoms with Crippen LogP contribution in [-0.2, 0) is 11.2 Å². The maximum absolute atomic E-state index is 13.2. The van der Waals surface area contributed by atoms with Gasteiger partial charge in [0.25, 0.3) is 0 Å². The van der Waals surface area contributed by atoms with E-state index in [1.54, 1.807) is 26.3 Å². The average Bonchev–Trinajstić information content (AvgIpc) is 2.71. The molecule has 2 aromatic carbocycles. The number of nitrogens with one attached hydrogen (secondary N) is 1. The molecule has 1 N–H and O–H groups in total. The van der Waals surface area contributed by atoms with Crippen molar-refractivity contribution < 1.29 is 13.9 Å². The number of methoxy groups -OCH3 is 1. The summed E-state index contributed by atoms with van der Waals surface area (Å²) in [5.74, 6) is 1.48. The molecule has 2 aromatic rings. The fraction of sp³-hybridized carbons (Fsp3) is 0.409. The first-order valence-electron chi connectivity index (χ1n) is 9.58. The summed E-state index contributed by atoms with van der Waals surface area (Å²) < 4.78 is 24.6. The van der Waals surface area contributed by atoms with Gasteiger partial charge in [0, 0.05) is 20.1 Å². The monoisotopic (exact) mass is 513 g/mol. The molecule has 29 heavy (non-hydrogen) atoms. The summed E-state index contributed by atoms with van der Waals surface area (Å²) in [4.78, 5) is 6.65. The molecule has 2 atom stereocenters. The topological polar surface area (TPSA) is 46.1 Å². The van der Waals surface area contributed by atoms with E-state index in [0.29, 0.717) is 6.54 Å². The normalized spacial score (nSPS) is 19.4. The fourth-order valence-corrected chi connectivity index (χ4v) is 3.46. The summed E-state index contributed by atoms with van der Waals surface area (Å²) >= 11 is 0. The van der Waals surface area contributed by atoms with Crippen LogP contribution in [0.1, 0.15) is 24.2 Å². The van der Waals surface area contributed by atoms with E-state index in [1.807, 2.05) is 25.1 Å². The van der Waals surface area contributed by atoms with Crippen LogP contribution in [0.5, 0.6) is 5.75 Å². The molecule has 1 fully saturated rings. The van der Waals surface area contributed by atoms with Crippen molar-refractivity contribution in [3.8, 4) is 5.75 Å². The molecule has 1 aliphatic heterocycles. The van der Waals surface area contributed by atoms with Crippen molar-refractivity contribution in [3.63, 3.8) is 0 Å². The lowest BCUT2D eigenvalue weighted by Gasteiger charge is -2.38. The Balaban J connectivity index is 0.00000300. The molecule has 1 saturated heterocycles. The van der Waals surface area contributed by atoms with Crippen LogP contribution in [0.25, 0.3) is 0 Å². The van der Waals surface area contributed by atoms with Gasteiger partial charge in [-0.2, -0.15) is 0 Å². The molecule has 7 heteroatoms. The highest BCUT2D eigenvalue weighted by atomic mass is 127. The second-order valence-corrected chi connectivity index (χ2v) is 6.97. The Bertz CT molecular complexity index is 801. The number of benzene rings is 2. The quantitative estimate of drug-likeness (QED) is 0.373. The molecule has 0 spiro atoms. The summed E-state index contributed by atoms with van der Waals surface area (Å²) in [6.45, 7) is 4.25. The molecule has 0 aromatic heterocycles. The van der Waals surface area contributed by atoms with Gasteiger partial charge >= 0.3 is 0 Å². The summed E-state index contributed by atoms with van der Waals surface area (Å²) in [6, 6.07) is 14.6. The highest BCUT2D eigenvalue weighted by Crippen LogP contribution is 2.25. The van der Waals surface area contributed by atoms with E-state index in [9.17, 15) is 4.39 Å². The molecule has 158 valence electrons. The zero-order chi connectivity index (χ0) is 19.9. The van der Waals surface area contributed by atoms with E-state index in [-0.39, 0.29) is 42.0 Å². The lowest BCUT2D eigenvalue weighted by atomic mass is 10.1. The molecule has 5 nitrogen and oxygen atoms in total. The third-order valence-corrected chi connectivity index (χ3v) is 4.84. The van der Waals surface area contributed by atoms with Gasteiger partial charge in [-0.3, -0.25) is 4.99 Å². The SMILES string of the molecule is CN=C(NCCc1cccc(OC)c1)N1CC(C)OC(c2ccc(F)cc2)C1.I. The van der Waals surface area contributed by atoms with Gasteiger partial charge in [0.05, 0.1) is 19.8 Å². The van der Waals surface area contributed by atoms with Crippen molar-refractivity contribution in [2.45, 2.75) is 25.6 Å². The number of nitrogens with zero attached hydrogens (tertiary/aromatic N) is 2. The minimum atomic E-state index is -0.237. The third kappa shape index (κ3) is 6.57. The molecule has 3 rings (SSSR count). The third-order valence-electron chi connectivity index (χ3n) is 4.84. The average molecular weight is 513 g/mol. The van der Waals surface area contributed by atoms with E-state index < -0.39 is 0 Å². The van der Waals surface area contributed by atoms with Crippen LogP contribution >= 0.6 is 24.0 Å². The van der Waals surface area contributed by atoms with Gasteiger partial charge < -0.3 is 19.7 Å². The highest BCUT2D eigenvalue weighted by Gasteiger charge is 2.28. The minimum absolute atomic E-state index is 0. The van der Waals surface area contributed by atoms with Crippen molar-refractivity contribution in [1.82, 2.24) is 10.2 Å². The highest BCUT2D eigenvalue weighted by molar-refractivity contribution is 14.0. The zero-order valence-electron chi connectivity index (χ0n) is 17.1. The molecule has 0 bridgehead atoms. The fourth-order valence-electron chi connectivity index (χ4n) is 3.46. The van der Waals surface area contributed by atoms with Crippen molar-refractivity contribution in [3.05, 3.63) is 65.5 Å². The van der Waals surface area contributed by atoms with Gasteiger partial charge in [0.2, 0.25) is 0 Å². The van der Waals surface area contributed by atoms with Crippen LogP contribution in [-0.4, -0.2) is 50.8 Å². The summed E-state index contributed by atoms with van der Waals surface area (Å²) in [5, 5.41) is 3.45. The van der Waals surface area contributed by atoms with Crippen LogP contribution in [0.3, 0.4) is 0 Å². The van der Waals surface area contributed by atoms with E-state index in [1.165, 1.54) is 17.7 Å². The summed E-state index contributed by atoms with van der Waals surface area (Å²) in [5.41, 5.74) is 2.19. The predicted molar refractivity (Wildman–Crippen MR) is 125 cm³/mol. The second kappa shape index (κ2) is 11.3. The number of rotatable bonds is 5. The van der Waals surface area contributed by atoms with Gasteiger partial charge in [-0.1, -0.05) is 24.3 Å². The Morgan fingerprint density at radius 3 is 2.69 bits per heavy atom. The maximum Gasteiger partial charge on any atom is 0.193 e. The number of hydrogen-bond acceptors (Lipinski definition) is 3. The van der Waals surface area contributed by atoms with Crippen molar-refractivity contribution >= 4 is 29.9 Å². The van der Waals surface area contributed by atoms with Crippen LogP contribution in [0.2, 0.25) is 0 Å². The Hall–Kier alpha value is -1.87. The molecule has 2 unspecified atom stereocenters. The van der Waals surface area contributed by atoms with E-state index >= 15 is 0 Å². The Morgan fingerprint density at radius 2 is 2.00 bits per heavy atom.